The van der Waals surface area contributed by atoms with Gasteiger partial charge in [-0.3, -0.25) is 19.1 Å². The molecule has 7 atom stereocenters. The Balaban J connectivity index is 1.37. The number of ether oxygens (including phenoxy) is 2. The van der Waals surface area contributed by atoms with Gasteiger partial charge in [0.05, 0.1) is 29.2 Å². The lowest BCUT2D eigenvalue weighted by Crippen LogP contribution is -2.60. The third-order valence-corrected chi connectivity index (χ3v) is 13.6. The van der Waals surface area contributed by atoms with E-state index in [1.165, 1.54) is 12.0 Å². The number of urea groups is 1. The Kier molecular flexibility index (Phi) is 11.1. The van der Waals surface area contributed by atoms with Gasteiger partial charge in [0, 0.05) is 17.9 Å². The van der Waals surface area contributed by atoms with Crippen LogP contribution in [-0.2, 0) is 24.4 Å². The molecule has 300 valence electrons. The molecule has 2 aliphatic heterocycles. The van der Waals surface area contributed by atoms with Crippen molar-refractivity contribution < 1.29 is 37.1 Å². The minimum atomic E-state index is -4.00. The van der Waals surface area contributed by atoms with Gasteiger partial charge in [-0.1, -0.05) is 44.6 Å². The Morgan fingerprint density at radius 3 is 2.38 bits per heavy atom. The minimum absolute atomic E-state index is 0.0285. The Morgan fingerprint density at radius 1 is 1.07 bits per heavy atom. The average Bonchev–Trinajstić information content (AvgIpc) is 4.00. The number of hydrogen-bond donors (Lipinski definition) is 4. The van der Waals surface area contributed by atoms with Crippen molar-refractivity contribution in [2.75, 3.05) is 13.7 Å². The lowest BCUT2D eigenvalue weighted by atomic mass is 9.85. The highest BCUT2D eigenvalue weighted by molar-refractivity contribution is 7.91. The quantitative estimate of drug-likeness (QED) is 0.287. The Morgan fingerprint density at radius 2 is 1.75 bits per heavy atom. The number of hydrogen-bond acceptors (Lipinski definition) is 10. The largest absolute Gasteiger partial charge is 0.479 e. The summed E-state index contributed by atoms with van der Waals surface area (Å²) in [6.45, 7) is 11.2. The molecule has 0 radical (unpaired) electrons. The van der Waals surface area contributed by atoms with Crippen LogP contribution in [0.1, 0.15) is 92.9 Å². The van der Waals surface area contributed by atoms with Gasteiger partial charge in [-0.2, -0.15) is 0 Å². The molecule has 16 heteroatoms. The molecule has 6 rings (SSSR count). The number of aromatic nitrogens is 2. The van der Waals surface area contributed by atoms with Gasteiger partial charge < -0.3 is 30.3 Å². The van der Waals surface area contributed by atoms with E-state index < -0.39 is 73.7 Å². The maximum Gasteiger partial charge on any atom is 0.315 e. The third kappa shape index (κ3) is 8.53. The van der Waals surface area contributed by atoms with Crippen LogP contribution < -0.4 is 30.1 Å². The number of sulfonamides is 1. The smallest absolute Gasteiger partial charge is 0.315 e. The molecular weight excluding hydrogens is 727 g/mol. The molecule has 2 saturated carbocycles. The van der Waals surface area contributed by atoms with Crippen LogP contribution >= 0.6 is 0 Å². The van der Waals surface area contributed by atoms with Crippen molar-refractivity contribution in [1.82, 2.24) is 35.8 Å². The summed E-state index contributed by atoms with van der Waals surface area (Å²) in [5.74, 6) is -1.91. The van der Waals surface area contributed by atoms with Crippen molar-refractivity contribution in [3.63, 3.8) is 0 Å². The molecule has 4 N–H and O–H groups in total. The van der Waals surface area contributed by atoms with Crippen molar-refractivity contribution >= 4 is 44.5 Å². The Bertz CT molecular complexity index is 1960. The van der Waals surface area contributed by atoms with Gasteiger partial charge in [-0.15, -0.1) is 10.2 Å². The second kappa shape index (κ2) is 15.2. The summed E-state index contributed by atoms with van der Waals surface area (Å²) in [7, 11) is -2.50. The predicted molar refractivity (Wildman–Crippen MR) is 205 cm³/mol. The number of methoxy groups -OCH3 is 1. The highest BCUT2D eigenvalue weighted by Gasteiger charge is 2.63. The Labute approximate surface area is 323 Å². The van der Waals surface area contributed by atoms with Gasteiger partial charge in [0.15, 0.2) is 0 Å². The van der Waals surface area contributed by atoms with E-state index in [0.29, 0.717) is 48.8 Å². The van der Waals surface area contributed by atoms with Crippen LogP contribution in [-0.4, -0.2) is 94.9 Å². The van der Waals surface area contributed by atoms with E-state index in [2.05, 4.69) is 37.8 Å². The topological polar surface area (TPSA) is 198 Å². The van der Waals surface area contributed by atoms with Gasteiger partial charge in [-0.05, 0) is 90.2 Å². The van der Waals surface area contributed by atoms with E-state index in [-0.39, 0.29) is 37.1 Å². The molecule has 4 aliphatic rings. The maximum atomic E-state index is 14.9. The molecule has 1 aromatic heterocycles. The van der Waals surface area contributed by atoms with Crippen molar-refractivity contribution in [2.24, 2.45) is 17.8 Å². The summed E-state index contributed by atoms with van der Waals surface area (Å²) < 4.78 is 39.5. The first-order valence-corrected chi connectivity index (χ1v) is 20.8. The molecule has 2 aromatic rings. The second-order valence-electron chi connectivity index (χ2n) is 17.0. The van der Waals surface area contributed by atoms with E-state index in [0.717, 1.165) is 6.42 Å². The molecule has 55 heavy (non-hydrogen) atoms. The average molecular weight is 782 g/mol. The first kappa shape index (κ1) is 40.2. The molecule has 0 bridgehead atoms. The van der Waals surface area contributed by atoms with E-state index in [1.807, 2.05) is 64.1 Å². The molecule has 15 nitrogen and oxygen atoms in total. The fourth-order valence-corrected chi connectivity index (χ4v) is 9.10. The van der Waals surface area contributed by atoms with Crippen LogP contribution in [0.2, 0.25) is 0 Å². The van der Waals surface area contributed by atoms with Crippen LogP contribution in [0, 0.1) is 17.8 Å². The van der Waals surface area contributed by atoms with Crippen molar-refractivity contribution in [3.8, 4) is 11.8 Å². The van der Waals surface area contributed by atoms with Crippen LogP contribution in [0.4, 0.5) is 4.79 Å². The van der Waals surface area contributed by atoms with Gasteiger partial charge in [0.25, 0.3) is 5.91 Å². The summed E-state index contributed by atoms with van der Waals surface area (Å²) in [6.07, 6.45) is 6.92. The van der Waals surface area contributed by atoms with Crippen LogP contribution in [0.3, 0.4) is 0 Å². The molecule has 0 spiro atoms. The van der Waals surface area contributed by atoms with E-state index in [9.17, 15) is 27.6 Å². The number of allylic oxidation sites excluding steroid dienone is 1. The van der Waals surface area contributed by atoms with Crippen molar-refractivity contribution in [1.29, 1.82) is 0 Å². The zero-order chi connectivity index (χ0) is 39.9. The Hall–Kier alpha value is -4.47. The predicted octanol–water partition coefficient (Wildman–Crippen LogP) is 3.73. The molecule has 3 heterocycles. The molecule has 2 aliphatic carbocycles. The fourth-order valence-electron chi connectivity index (χ4n) is 7.78. The van der Waals surface area contributed by atoms with Gasteiger partial charge in [0.1, 0.15) is 23.7 Å². The summed E-state index contributed by atoms with van der Waals surface area (Å²) >= 11 is 0. The summed E-state index contributed by atoms with van der Waals surface area (Å²) in [4.78, 5) is 58.2. The molecule has 1 saturated heterocycles. The standard InChI is InChI=1S/C39H55N7O8S/c1-8-24-19-23(2)13-9-10-14-25-21-39(25,35(49)45-55(51,52)38(6)17-18-38)41-31(47)29-20-26(22-46(29)34(48)30(24)40-36(50)42-37(3,4)5)54-33-28-16-12-11-15-27(28)32(53-7)43-44-33/h10-12,14-16,23-26,29-30H,8-9,13,17-22H2,1-7H3,(H,41,47)(H,45,49)(H2,40,42,50)/b14-10-/t23-,24+,25+,26+,29-,30-,39+/m0/s1. The normalized spacial score (nSPS) is 30.1. The zero-order valence-electron chi connectivity index (χ0n) is 32.8. The lowest BCUT2D eigenvalue weighted by molar-refractivity contribution is -0.142. The summed E-state index contributed by atoms with van der Waals surface area (Å²) in [5.41, 5.74) is -2.11. The molecule has 3 fully saturated rings. The SMILES string of the molecule is CC[C@@H]1C[C@@H](C)CC/C=C\[C@@H]2C[C@@]2(C(=O)NS(=O)(=O)C2(C)CC2)NC(=O)[C@@H]2C[C@@H](Oc3nnc(OC)c4ccccc34)CN2C(=O)[C@H]1NC(=O)NC(C)(C)C. The second-order valence-corrected chi connectivity index (χ2v) is 19.2. The highest BCUT2D eigenvalue weighted by atomic mass is 32.2. The number of carbonyl (C=O) groups is 4. The van der Waals surface area contributed by atoms with E-state index in [4.69, 9.17) is 9.47 Å². The van der Waals surface area contributed by atoms with Gasteiger partial charge in [-0.25, -0.2) is 13.2 Å². The van der Waals surface area contributed by atoms with E-state index in [1.54, 1.807) is 6.92 Å². The fraction of sp³-hybridized carbons (Fsp3) is 0.641. The summed E-state index contributed by atoms with van der Waals surface area (Å²) in [5, 5.41) is 18.5. The van der Waals surface area contributed by atoms with E-state index >= 15 is 0 Å². The zero-order valence-corrected chi connectivity index (χ0v) is 33.6. The number of nitrogens with one attached hydrogen (secondary N) is 4. The third-order valence-electron chi connectivity index (χ3n) is 11.5. The van der Waals surface area contributed by atoms with Crippen LogP contribution in [0.25, 0.3) is 10.8 Å². The number of amides is 5. The minimum Gasteiger partial charge on any atom is -0.479 e. The van der Waals surface area contributed by atoms with Gasteiger partial charge in [0.2, 0.25) is 33.6 Å². The first-order chi connectivity index (χ1) is 25.9. The molecule has 5 amide bonds. The number of rotatable bonds is 8. The molecule has 1 aromatic carbocycles. The highest BCUT2D eigenvalue weighted by Crippen LogP contribution is 2.47. The first-order valence-electron chi connectivity index (χ1n) is 19.3. The van der Waals surface area contributed by atoms with Crippen molar-refractivity contribution in [3.05, 3.63) is 36.4 Å². The van der Waals surface area contributed by atoms with Gasteiger partial charge >= 0.3 is 6.03 Å². The monoisotopic (exact) mass is 781 g/mol. The number of benzene rings is 1. The van der Waals surface area contributed by atoms with Crippen LogP contribution in [0.5, 0.6) is 11.8 Å². The summed E-state index contributed by atoms with van der Waals surface area (Å²) in [6, 6.07) is 4.68. The lowest BCUT2D eigenvalue weighted by Gasteiger charge is -2.34. The van der Waals surface area contributed by atoms with Crippen molar-refractivity contribution in [2.45, 2.75) is 127 Å². The number of nitrogens with zero attached hydrogens (tertiary/aromatic N) is 3. The molecule has 0 unspecified atom stereocenters. The number of carbonyl (C=O) groups excluding carboxylic acids is 4. The number of fused-ring (bicyclic) bond motifs is 3. The molecular formula is C39H55N7O8S. The van der Waals surface area contributed by atoms with Crippen LogP contribution in [0.15, 0.2) is 36.4 Å². The maximum absolute atomic E-state index is 14.9.